The molecule has 1 aromatic carbocycles. The summed E-state index contributed by atoms with van der Waals surface area (Å²) >= 11 is 1.43. The van der Waals surface area contributed by atoms with E-state index >= 15 is 0 Å². The van der Waals surface area contributed by atoms with E-state index in [9.17, 15) is 5.11 Å². The Morgan fingerprint density at radius 1 is 1.22 bits per heavy atom. The summed E-state index contributed by atoms with van der Waals surface area (Å²) in [7, 11) is 0. The second-order valence-electron chi connectivity index (χ2n) is 6.32. The van der Waals surface area contributed by atoms with E-state index in [1.807, 2.05) is 42.5 Å². The summed E-state index contributed by atoms with van der Waals surface area (Å²) in [5.74, 6) is 2.50. The number of thioether (sulfide) groups is 1. The maximum absolute atomic E-state index is 10.2. The smallest absolute Gasteiger partial charge is 0.256 e. The molecule has 0 saturated carbocycles. The molecule has 8 nitrogen and oxygen atoms in total. The minimum atomic E-state index is -0.616. The van der Waals surface area contributed by atoms with Gasteiger partial charge in [-0.3, -0.25) is 4.40 Å². The lowest BCUT2D eigenvalue weighted by atomic mass is 10.2. The van der Waals surface area contributed by atoms with E-state index in [4.69, 9.17) is 14.2 Å². The predicted octanol–water partition coefficient (Wildman–Crippen LogP) is 2.14. The molecule has 0 unspecified atom stereocenters. The van der Waals surface area contributed by atoms with E-state index in [1.165, 1.54) is 11.8 Å². The first-order chi connectivity index (χ1) is 13.1. The number of aliphatic hydroxyl groups excluding tert-OH is 1. The Morgan fingerprint density at radius 3 is 2.96 bits per heavy atom. The molecule has 0 spiro atoms. The van der Waals surface area contributed by atoms with E-state index in [-0.39, 0.29) is 13.4 Å². The number of fused-ring (bicyclic) bond motifs is 2. The number of benzene rings is 1. The molecule has 0 fully saturated rings. The van der Waals surface area contributed by atoms with Crippen molar-refractivity contribution < 1.29 is 19.3 Å². The van der Waals surface area contributed by atoms with Crippen LogP contribution in [0.25, 0.3) is 5.78 Å². The molecule has 0 radical (unpaired) electrons. The monoisotopic (exact) mass is 388 g/mol. The maximum Gasteiger partial charge on any atom is 0.256 e. The second-order valence-corrected chi connectivity index (χ2v) is 7.31. The van der Waals surface area contributed by atoms with Crippen molar-refractivity contribution in [2.75, 3.05) is 19.2 Å². The third-order valence-electron chi connectivity index (χ3n) is 4.08. The number of hydrogen-bond donors (Lipinski definition) is 1. The first kappa shape index (κ1) is 18.0. The number of aliphatic hydroxyl groups is 1. The number of rotatable bonds is 7. The number of aromatic nitrogens is 4. The number of ether oxygens (including phenoxy) is 3. The molecule has 142 valence electrons. The molecular formula is C18H20N4O4S. The Morgan fingerprint density at radius 2 is 2.07 bits per heavy atom. The topological polar surface area (TPSA) is 91.0 Å². The molecule has 3 aromatic rings. The van der Waals surface area contributed by atoms with Crippen LogP contribution in [0.3, 0.4) is 0 Å². The summed E-state index contributed by atoms with van der Waals surface area (Å²) < 4.78 is 18.1. The zero-order valence-corrected chi connectivity index (χ0v) is 15.9. The highest BCUT2D eigenvalue weighted by Crippen LogP contribution is 2.32. The van der Waals surface area contributed by atoms with E-state index in [0.29, 0.717) is 23.3 Å². The van der Waals surface area contributed by atoms with E-state index in [1.54, 1.807) is 0 Å². The summed E-state index contributed by atoms with van der Waals surface area (Å²) in [6, 6.07) is 7.66. The fourth-order valence-corrected chi connectivity index (χ4v) is 3.75. The highest BCUT2D eigenvalue weighted by atomic mass is 32.2. The van der Waals surface area contributed by atoms with Gasteiger partial charge in [0.2, 0.25) is 6.79 Å². The molecule has 0 amide bonds. The van der Waals surface area contributed by atoms with E-state index < -0.39 is 6.10 Å². The van der Waals surface area contributed by atoms with Gasteiger partial charge in [0.1, 0.15) is 0 Å². The van der Waals surface area contributed by atoms with Crippen LogP contribution in [0.15, 0.2) is 29.4 Å². The van der Waals surface area contributed by atoms with Crippen molar-refractivity contribution in [1.29, 1.82) is 0 Å². The Bertz CT molecular complexity index is 962. The zero-order valence-electron chi connectivity index (χ0n) is 15.1. The third kappa shape index (κ3) is 4.00. The predicted molar refractivity (Wildman–Crippen MR) is 99.2 cm³/mol. The minimum Gasteiger partial charge on any atom is -0.454 e. The Balaban J connectivity index is 1.28. The molecule has 27 heavy (non-hydrogen) atoms. The van der Waals surface area contributed by atoms with Crippen LogP contribution >= 0.6 is 11.8 Å². The summed E-state index contributed by atoms with van der Waals surface area (Å²) in [5, 5.41) is 19.2. The second kappa shape index (κ2) is 7.71. The summed E-state index contributed by atoms with van der Waals surface area (Å²) in [4.78, 5) is 4.36. The van der Waals surface area contributed by atoms with Crippen molar-refractivity contribution in [3.63, 3.8) is 0 Å². The number of nitrogens with zero attached hydrogens (tertiary/aromatic N) is 4. The molecule has 3 heterocycles. The van der Waals surface area contributed by atoms with Crippen LogP contribution in [0.5, 0.6) is 11.5 Å². The van der Waals surface area contributed by atoms with Crippen molar-refractivity contribution >= 4 is 17.5 Å². The fourth-order valence-electron chi connectivity index (χ4n) is 2.86. The Kier molecular flexibility index (Phi) is 5.15. The highest BCUT2D eigenvalue weighted by molar-refractivity contribution is 7.99. The van der Waals surface area contributed by atoms with Gasteiger partial charge >= 0.3 is 0 Å². The van der Waals surface area contributed by atoms with Crippen LogP contribution in [-0.2, 0) is 11.3 Å². The normalized spacial score (nSPS) is 14.0. The molecule has 0 saturated heterocycles. The van der Waals surface area contributed by atoms with Gasteiger partial charge in [-0.25, -0.2) is 4.98 Å². The van der Waals surface area contributed by atoms with Gasteiger partial charge in [0, 0.05) is 17.1 Å². The molecule has 0 aliphatic carbocycles. The van der Waals surface area contributed by atoms with Gasteiger partial charge in [0.15, 0.2) is 16.7 Å². The van der Waals surface area contributed by atoms with E-state index in [2.05, 4.69) is 15.2 Å². The minimum absolute atomic E-state index is 0.231. The quantitative estimate of drug-likeness (QED) is 0.616. The van der Waals surface area contributed by atoms with Gasteiger partial charge in [0.25, 0.3) is 5.78 Å². The Hall–Kier alpha value is -2.36. The standard InChI is InChI=1S/C18H20N4O4S/c1-11-5-12(2)22-17(19-11)20-21-18(22)27-9-14(23)8-24-7-13-3-4-15-16(6-13)26-10-25-15/h3-6,14,23H,7-10H2,1-2H3/t14-/m1/s1. The van der Waals surface area contributed by atoms with Gasteiger partial charge in [0.05, 0.1) is 19.3 Å². The molecule has 2 aromatic heterocycles. The maximum atomic E-state index is 10.2. The molecule has 1 atom stereocenters. The van der Waals surface area contributed by atoms with Crippen molar-refractivity contribution in [2.45, 2.75) is 31.7 Å². The van der Waals surface area contributed by atoms with Crippen molar-refractivity contribution in [1.82, 2.24) is 19.6 Å². The van der Waals surface area contributed by atoms with Gasteiger partial charge in [-0.1, -0.05) is 17.8 Å². The van der Waals surface area contributed by atoms with Crippen LogP contribution in [0.4, 0.5) is 0 Å². The SMILES string of the molecule is Cc1cc(C)n2c(SC[C@H](O)COCc3ccc4c(c3)OCO4)nnc2n1. The zero-order chi connectivity index (χ0) is 18.8. The van der Waals surface area contributed by atoms with Crippen molar-refractivity contribution in [3.05, 3.63) is 41.2 Å². The average molecular weight is 388 g/mol. The lowest BCUT2D eigenvalue weighted by molar-refractivity contribution is 0.0397. The third-order valence-corrected chi connectivity index (χ3v) is 5.16. The molecule has 1 aliphatic heterocycles. The molecule has 9 heteroatoms. The van der Waals surface area contributed by atoms with Gasteiger partial charge < -0.3 is 19.3 Å². The first-order valence-corrected chi connectivity index (χ1v) is 9.55. The average Bonchev–Trinajstić information content (AvgIpc) is 3.26. The van der Waals surface area contributed by atoms with Crippen LogP contribution in [0.2, 0.25) is 0 Å². The van der Waals surface area contributed by atoms with E-state index in [0.717, 1.165) is 28.5 Å². The van der Waals surface area contributed by atoms with Crippen LogP contribution in [0.1, 0.15) is 17.0 Å². The van der Waals surface area contributed by atoms with Gasteiger partial charge in [-0.05, 0) is 37.6 Å². The largest absolute Gasteiger partial charge is 0.454 e. The molecule has 1 aliphatic rings. The van der Waals surface area contributed by atoms with Crippen LogP contribution in [-0.4, -0.2) is 49.9 Å². The van der Waals surface area contributed by atoms with Crippen LogP contribution in [0, 0.1) is 13.8 Å². The molecular weight excluding hydrogens is 368 g/mol. The fraction of sp³-hybridized carbons (Fsp3) is 0.389. The highest BCUT2D eigenvalue weighted by Gasteiger charge is 2.15. The molecule has 1 N–H and O–H groups in total. The molecule has 4 rings (SSSR count). The number of aryl methyl sites for hydroxylation is 2. The van der Waals surface area contributed by atoms with Crippen LogP contribution < -0.4 is 9.47 Å². The summed E-state index contributed by atoms with van der Waals surface area (Å²) in [5.41, 5.74) is 2.89. The Labute approximate surface area is 160 Å². The summed E-state index contributed by atoms with van der Waals surface area (Å²) in [6.07, 6.45) is -0.616. The first-order valence-electron chi connectivity index (χ1n) is 8.56. The van der Waals surface area contributed by atoms with Gasteiger partial charge in [-0.2, -0.15) is 0 Å². The lowest BCUT2D eigenvalue weighted by Gasteiger charge is -2.11. The molecule has 0 bridgehead atoms. The lowest BCUT2D eigenvalue weighted by Crippen LogP contribution is -2.18. The van der Waals surface area contributed by atoms with Crippen molar-refractivity contribution in [3.8, 4) is 11.5 Å². The summed E-state index contributed by atoms with van der Waals surface area (Å²) in [6.45, 7) is 4.79. The van der Waals surface area contributed by atoms with Gasteiger partial charge in [-0.15, -0.1) is 10.2 Å². The van der Waals surface area contributed by atoms with Crippen molar-refractivity contribution in [2.24, 2.45) is 0 Å². The number of hydrogen-bond acceptors (Lipinski definition) is 8.